The first kappa shape index (κ1) is 7.89. The Labute approximate surface area is 79.1 Å². The molecule has 0 aromatic carbocycles. The molecule has 0 saturated heterocycles. The Morgan fingerprint density at radius 2 is 2.42 bits per heavy atom. The van der Waals surface area contributed by atoms with E-state index in [-0.39, 0.29) is 0 Å². The van der Waals surface area contributed by atoms with E-state index in [0.717, 1.165) is 17.1 Å². The van der Waals surface area contributed by atoms with Crippen molar-refractivity contribution in [2.45, 2.75) is 13.3 Å². The second-order valence-electron chi connectivity index (χ2n) is 2.51. The zero-order valence-corrected chi connectivity index (χ0v) is 8.28. The summed E-state index contributed by atoms with van der Waals surface area (Å²) in [6, 6.07) is 2.04. The third-order valence-corrected chi connectivity index (χ3v) is 3.08. The van der Waals surface area contributed by atoms with Crippen LogP contribution in [0.25, 0.3) is 0 Å². The fourth-order valence-corrected chi connectivity index (χ4v) is 2.21. The molecule has 0 saturated carbocycles. The van der Waals surface area contributed by atoms with E-state index < -0.39 is 0 Å². The van der Waals surface area contributed by atoms with E-state index in [9.17, 15) is 0 Å². The van der Waals surface area contributed by atoms with Gasteiger partial charge < -0.3 is 0 Å². The summed E-state index contributed by atoms with van der Waals surface area (Å²) < 4.78 is 4.04. The normalized spacial score (nSPS) is 10.4. The number of hydrogen-bond donors (Lipinski definition) is 0. The molecule has 0 aliphatic heterocycles. The van der Waals surface area contributed by atoms with E-state index in [4.69, 9.17) is 0 Å². The van der Waals surface area contributed by atoms with Crippen LogP contribution < -0.4 is 0 Å². The van der Waals surface area contributed by atoms with Gasteiger partial charge in [0.25, 0.3) is 0 Å². The number of nitrogens with zero attached hydrogens (tertiary/aromatic N) is 2. The standard InChI is InChI=1S/C8H8N2S2/c1-6-10-7(5-11-6)4-8-2-3-9-12-8/h2-3,5H,4H2,1H3. The largest absolute Gasteiger partial charge is 0.246 e. The van der Waals surface area contributed by atoms with E-state index in [1.54, 1.807) is 22.9 Å². The van der Waals surface area contributed by atoms with Crippen LogP contribution in [0.5, 0.6) is 0 Å². The lowest BCUT2D eigenvalue weighted by atomic mass is 10.3. The number of rotatable bonds is 2. The fourth-order valence-electron chi connectivity index (χ4n) is 1.00. The SMILES string of the molecule is Cc1nc(Cc2ccns2)cs1. The summed E-state index contributed by atoms with van der Waals surface area (Å²) in [4.78, 5) is 5.66. The second kappa shape index (κ2) is 3.33. The maximum atomic E-state index is 4.38. The van der Waals surface area contributed by atoms with Gasteiger partial charge >= 0.3 is 0 Å². The van der Waals surface area contributed by atoms with Crippen molar-refractivity contribution in [1.82, 2.24) is 9.36 Å². The fraction of sp³-hybridized carbons (Fsp3) is 0.250. The quantitative estimate of drug-likeness (QED) is 0.737. The highest BCUT2D eigenvalue weighted by atomic mass is 32.1. The molecule has 0 unspecified atom stereocenters. The minimum atomic E-state index is 0.926. The van der Waals surface area contributed by atoms with Crippen molar-refractivity contribution in [2.24, 2.45) is 0 Å². The van der Waals surface area contributed by atoms with Crippen LogP contribution in [0.15, 0.2) is 17.6 Å². The molecule has 0 aliphatic carbocycles. The highest BCUT2D eigenvalue weighted by Crippen LogP contribution is 2.14. The number of aryl methyl sites for hydroxylation is 1. The average molecular weight is 196 g/mol. The third-order valence-electron chi connectivity index (χ3n) is 1.51. The average Bonchev–Trinajstić information content (AvgIpc) is 2.63. The van der Waals surface area contributed by atoms with Gasteiger partial charge in [0.05, 0.1) is 10.7 Å². The molecule has 0 atom stereocenters. The van der Waals surface area contributed by atoms with E-state index in [2.05, 4.69) is 14.7 Å². The van der Waals surface area contributed by atoms with Crippen molar-refractivity contribution in [1.29, 1.82) is 0 Å². The topological polar surface area (TPSA) is 25.8 Å². The molecule has 12 heavy (non-hydrogen) atoms. The summed E-state index contributed by atoms with van der Waals surface area (Å²) in [5.41, 5.74) is 1.15. The molecule has 0 aliphatic rings. The lowest BCUT2D eigenvalue weighted by Crippen LogP contribution is -1.83. The third kappa shape index (κ3) is 1.70. The van der Waals surface area contributed by atoms with Crippen LogP contribution >= 0.6 is 22.9 Å². The van der Waals surface area contributed by atoms with Crippen molar-refractivity contribution in [3.63, 3.8) is 0 Å². The molecule has 2 rings (SSSR count). The number of hydrogen-bond acceptors (Lipinski definition) is 4. The van der Waals surface area contributed by atoms with Crippen LogP contribution in [-0.4, -0.2) is 9.36 Å². The lowest BCUT2D eigenvalue weighted by molar-refractivity contribution is 1.10. The molecule has 0 bridgehead atoms. The van der Waals surface area contributed by atoms with Crippen LogP contribution in [0.1, 0.15) is 15.6 Å². The van der Waals surface area contributed by atoms with Gasteiger partial charge in [0.1, 0.15) is 0 Å². The van der Waals surface area contributed by atoms with Gasteiger partial charge in [-0.05, 0) is 24.5 Å². The molecule has 0 fully saturated rings. The Bertz CT molecular complexity index is 351. The van der Waals surface area contributed by atoms with Gasteiger partial charge in [-0.25, -0.2) is 9.36 Å². The molecular weight excluding hydrogens is 188 g/mol. The first-order valence-corrected chi connectivity index (χ1v) is 5.30. The molecule has 2 aromatic heterocycles. The van der Waals surface area contributed by atoms with Crippen LogP contribution in [0, 0.1) is 6.92 Å². The molecule has 0 N–H and O–H groups in total. The Morgan fingerprint density at radius 1 is 1.50 bits per heavy atom. The smallest absolute Gasteiger partial charge is 0.0897 e. The number of aromatic nitrogens is 2. The van der Waals surface area contributed by atoms with Gasteiger partial charge in [0.15, 0.2) is 0 Å². The van der Waals surface area contributed by atoms with E-state index in [1.807, 2.05) is 19.2 Å². The van der Waals surface area contributed by atoms with Crippen molar-refractivity contribution >= 4 is 22.9 Å². The second-order valence-corrected chi connectivity index (χ2v) is 4.49. The monoisotopic (exact) mass is 196 g/mol. The Balaban J connectivity index is 2.14. The first-order valence-electron chi connectivity index (χ1n) is 3.65. The summed E-state index contributed by atoms with van der Waals surface area (Å²) in [5, 5.41) is 3.24. The molecule has 2 nitrogen and oxygen atoms in total. The molecule has 4 heteroatoms. The molecule has 0 spiro atoms. The Morgan fingerprint density at radius 3 is 3.00 bits per heavy atom. The van der Waals surface area contributed by atoms with Gasteiger partial charge in [-0.15, -0.1) is 11.3 Å². The predicted octanol–water partition coefficient (Wildman–Crippen LogP) is 2.50. The Hall–Kier alpha value is -0.740. The summed E-state index contributed by atoms with van der Waals surface area (Å²) in [6.45, 7) is 2.03. The zero-order valence-electron chi connectivity index (χ0n) is 6.65. The van der Waals surface area contributed by atoms with Crippen LogP contribution in [0.2, 0.25) is 0 Å². The zero-order chi connectivity index (χ0) is 8.39. The minimum Gasteiger partial charge on any atom is -0.246 e. The van der Waals surface area contributed by atoms with Gasteiger partial charge in [-0.2, -0.15) is 0 Å². The maximum Gasteiger partial charge on any atom is 0.0897 e. The molecule has 62 valence electrons. The molecular formula is C8H8N2S2. The van der Waals surface area contributed by atoms with Crippen molar-refractivity contribution in [3.8, 4) is 0 Å². The summed E-state index contributed by atoms with van der Waals surface area (Å²) in [6.07, 6.45) is 2.76. The van der Waals surface area contributed by atoms with Crippen molar-refractivity contribution in [2.75, 3.05) is 0 Å². The van der Waals surface area contributed by atoms with Gasteiger partial charge in [-0.1, -0.05) is 0 Å². The first-order chi connectivity index (χ1) is 5.84. The molecule has 2 aromatic rings. The highest BCUT2D eigenvalue weighted by Gasteiger charge is 2.00. The number of thiazole rings is 1. The highest BCUT2D eigenvalue weighted by molar-refractivity contribution is 7.09. The van der Waals surface area contributed by atoms with Crippen molar-refractivity contribution in [3.05, 3.63) is 33.2 Å². The predicted molar refractivity (Wildman–Crippen MR) is 51.8 cm³/mol. The summed E-state index contributed by atoms with van der Waals surface area (Å²) in [7, 11) is 0. The van der Waals surface area contributed by atoms with Gasteiger partial charge in [0, 0.05) is 22.9 Å². The summed E-state index contributed by atoms with van der Waals surface area (Å²) in [5.74, 6) is 0. The van der Waals surface area contributed by atoms with E-state index in [1.165, 1.54) is 4.88 Å². The van der Waals surface area contributed by atoms with Gasteiger partial charge in [0.2, 0.25) is 0 Å². The van der Waals surface area contributed by atoms with Crippen LogP contribution in [-0.2, 0) is 6.42 Å². The van der Waals surface area contributed by atoms with E-state index in [0.29, 0.717) is 0 Å². The van der Waals surface area contributed by atoms with Crippen molar-refractivity contribution < 1.29 is 0 Å². The maximum absolute atomic E-state index is 4.38. The molecule has 2 heterocycles. The van der Waals surface area contributed by atoms with Crippen LogP contribution in [0.4, 0.5) is 0 Å². The molecule has 0 radical (unpaired) electrons. The summed E-state index contributed by atoms with van der Waals surface area (Å²) >= 11 is 3.24. The Kier molecular flexibility index (Phi) is 2.19. The lowest BCUT2D eigenvalue weighted by Gasteiger charge is -1.88. The molecule has 0 amide bonds. The van der Waals surface area contributed by atoms with E-state index >= 15 is 0 Å². The minimum absolute atomic E-state index is 0.926. The van der Waals surface area contributed by atoms with Crippen LogP contribution in [0.3, 0.4) is 0 Å². The van der Waals surface area contributed by atoms with Gasteiger partial charge in [-0.3, -0.25) is 0 Å².